The fourth-order valence-electron chi connectivity index (χ4n) is 1.20. The van der Waals surface area contributed by atoms with Gasteiger partial charge in [0.1, 0.15) is 0 Å². The zero-order valence-corrected chi connectivity index (χ0v) is 10.6. The van der Waals surface area contributed by atoms with Crippen molar-refractivity contribution in [1.82, 2.24) is 19.7 Å². The van der Waals surface area contributed by atoms with E-state index in [1.165, 1.54) is 0 Å². The van der Waals surface area contributed by atoms with Gasteiger partial charge in [0, 0.05) is 25.0 Å². The minimum absolute atomic E-state index is 0.598. The molecule has 0 aliphatic rings. The molecule has 2 aromatic heterocycles. The van der Waals surface area contributed by atoms with E-state index in [1.54, 1.807) is 24.1 Å². The Bertz CT molecular complexity index is 479. The predicted octanol–water partition coefficient (Wildman–Crippen LogP) is 1.62. The van der Waals surface area contributed by atoms with E-state index in [-0.39, 0.29) is 0 Å². The number of anilines is 1. The maximum Gasteiger partial charge on any atom is 0.224 e. The second kappa shape index (κ2) is 4.13. The molecule has 6 heteroatoms. The van der Waals surface area contributed by atoms with Gasteiger partial charge in [-0.05, 0) is 29.5 Å². The molecule has 0 bridgehead atoms. The molecule has 0 unspecified atom stereocenters. The van der Waals surface area contributed by atoms with Gasteiger partial charge in [-0.15, -0.1) is 0 Å². The molecular formula is C9H10IN5. The summed E-state index contributed by atoms with van der Waals surface area (Å²) in [6, 6.07) is 0. The van der Waals surface area contributed by atoms with Crippen molar-refractivity contribution < 1.29 is 0 Å². The molecule has 0 aliphatic heterocycles. The Labute approximate surface area is 101 Å². The molecule has 5 nitrogen and oxygen atoms in total. The van der Waals surface area contributed by atoms with Gasteiger partial charge in [-0.3, -0.25) is 0 Å². The van der Waals surface area contributed by atoms with Crippen molar-refractivity contribution in [1.29, 1.82) is 0 Å². The monoisotopic (exact) mass is 315 g/mol. The van der Waals surface area contributed by atoms with Crippen LogP contribution in [-0.2, 0) is 0 Å². The molecule has 0 radical (unpaired) electrons. The molecule has 2 heterocycles. The summed E-state index contributed by atoms with van der Waals surface area (Å²) in [4.78, 5) is 8.47. The Morgan fingerprint density at radius 3 is 2.80 bits per heavy atom. The van der Waals surface area contributed by atoms with E-state index in [2.05, 4.69) is 43.0 Å². The summed E-state index contributed by atoms with van der Waals surface area (Å²) in [5.41, 5.74) is 0.994. The molecule has 0 spiro atoms. The van der Waals surface area contributed by atoms with Crippen molar-refractivity contribution >= 4 is 28.5 Å². The molecule has 0 saturated heterocycles. The van der Waals surface area contributed by atoms with Crippen LogP contribution in [0.1, 0.15) is 5.56 Å². The van der Waals surface area contributed by atoms with Crippen molar-refractivity contribution in [3.05, 3.63) is 27.7 Å². The van der Waals surface area contributed by atoms with Crippen LogP contribution in [0.2, 0.25) is 0 Å². The number of aryl methyl sites for hydroxylation is 1. The topological polar surface area (TPSA) is 55.6 Å². The summed E-state index contributed by atoms with van der Waals surface area (Å²) in [5.74, 6) is 1.40. The summed E-state index contributed by atoms with van der Waals surface area (Å²) in [6.07, 6.45) is 5.50. The number of halogens is 1. The van der Waals surface area contributed by atoms with Crippen LogP contribution in [0.25, 0.3) is 5.82 Å². The standard InChI is InChI=1S/C9H10IN5/c1-6-3-12-9(11-2)14-8(6)15-5-7(10)4-13-15/h3-5H,1-2H3,(H,11,12,14). The third kappa shape index (κ3) is 2.09. The summed E-state index contributed by atoms with van der Waals surface area (Å²) in [5, 5.41) is 7.12. The smallest absolute Gasteiger partial charge is 0.224 e. The molecule has 0 aliphatic carbocycles. The largest absolute Gasteiger partial charge is 0.357 e. The maximum atomic E-state index is 4.35. The third-order valence-corrected chi connectivity index (χ3v) is 2.49. The summed E-state index contributed by atoms with van der Waals surface area (Å²) in [7, 11) is 1.79. The first kappa shape index (κ1) is 10.3. The predicted molar refractivity (Wildman–Crippen MR) is 66.2 cm³/mol. The van der Waals surface area contributed by atoms with Crippen LogP contribution < -0.4 is 5.32 Å². The zero-order valence-electron chi connectivity index (χ0n) is 8.40. The fraction of sp³-hybridized carbons (Fsp3) is 0.222. The molecule has 2 aromatic rings. The Hall–Kier alpha value is -1.18. The van der Waals surface area contributed by atoms with Crippen molar-refractivity contribution in [3.8, 4) is 5.82 Å². The quantitative estimate of drug-likeness (QED) is 0.856. The lowest BCUT2D eigenvalue weighted by Gasteiger charge is -2.05. The lowest BCUT2D eigenvalue weighted by molar-refractivity contribution is 0.831. The van der Waals surface area contributed by atoms with Crippen molar-refractivity contribution in [3.63, 3.8) is 0 Å². The van der Waals surface area contributed by atoms with Crippen molar-refractivity contribution in [2.75, 3.05) is 12.4 Å². The summed E-state index contributed by atoms with van der Waals surface area (Å²) < 4.78 is 2.83. The number of aromatic nitrogens is 4. The van der Waals surface area contributed by atoms with Crippen LogP contribution in [-0.4, -0.2) is 26.8 Å². The lowest BCUT2D eigenvalue weighted by Crippen LogP contribution is -2.05. The molecule has 0 aromatic carbocycles. The normalized spacial score (nSPS) is 10.3. The van der Waals surface area contributed by atoms with Crippen LogP contribution in [0.3, 0.4) is 0 Å². The lowest BCUT2D eigenvalue weighted by atomic mass is 10.3. The molecule has 2 rings (SSSR count). The number of rotatable bonds is 2. The molecule has 0 amide bonds. The Morgan fingerprint density at radius 1 is 1.40 bits per heavy atom. The van der Waals surface area contributed by atoms with Gasteiger partial charge in [-0.1, -0.05) is 0 Å². The number of hydrogen-bond acceptors (Lipinski definition) is 4. The molecule has 1 N–H and O–H groups in total. The zero-order chi connectivity index (χ0) is 10.8. The number of nitrogens with zero attached hydrogens (tertiary/aromatic N) is 4. The van der Waals surface area contributed by atoms with Crippen LogP contribution in [0.4, 0.5) is 5.95 Å². The van der Waals surface area contributed by atoms with E-state index >= 15 is 0 Å². The van der Waals surface area contributed by atoms with E-state index in [0.29, 0.717) is 5.95 Å². The van der Waals surface area contributed by atoms with Gasteiger partial charge < -0.3 is 5.32 Å². The van der Waals surface area contributed by atoms with Crippen LogP contribution in [0, 0.1) is 10.5 Å². The van der Waals surface area contributed by atoms with E-state index < -0.39 is 0 Å². The highest BCUT2D eigenvalue weighted by Crippen LogP contribution is 2.12. The van der Waals surface area contributed by atoms with Gasteiger partial charge in [0.15, 0.2) is 5.82 Å². The Morgan fingerprint density at radius 2 is 2.20 bits per heavy atom. The molecular weight excluding hydrogens is 305 g/mol. The van der Waals surface area contributed by atoms with E-state index in [9.17, 15) is 0 Å². The van der Waals surface area contributed by atoms with Crippen LogP contribution in [0.15, 0.2) is 18.6 Å². The Balaban J connectivity index is 2.51. The summed E-state index contributed by atoms with van der Waals surface area (Å²) in [6.45, 7) is 1.96. The first-order valence-electron chi connectivity index (χ1n) is 4.42. The average Bonchev–Trinajstić information content (AvgIpc) is 2.65. The second-order valence-corrected chi connectivity index (χ2v) is 4.30. The number of hydrogen-bond donors (Lipinski definition) is 1. The molecule has 0 saturated carbocycles. The van der Waals surface area contributed by atoms with Gasteiger partial charge in [-0.2, -0.15) is 10.1 Å². The minimum Gasteiger partial charge on any atom is -0.357 e. The van der Waals surface area contributed by atoms with Crippen LogP contribution >= 0.6 is 22.6 Å². The Kier molecular flexibility index (Phi) is 2.85. The number of nitrogens with one attached hydrogen (secondary N) is 1. The van der Waals surface area contributed by atoms with E-state index in [1.807, 2.05) is 13.1 Å². The van der Waals surface area contributed by atoms with Crippen molar-refractivity contribution in [2.45, 2.75) is 6.92 Å². The highest BCUT2D eigenvalue weighted by atomic mass is 127. The van der Waals surface area contributed by atoms with Gasteiger partial charge in [0.25, 0.3) is 0 Å². The highest BCUT2D eigenvalue weighted by Gasteiger charge is 2.06. The molecule has 78 valence electrons. The van der Waals surface area contributed by atoms with Gasteiger partial charge in [-0.25, -0.2) is 9.67 Å². The second-order valence-electron chi connectivity index (χ2n) is 3.05. The molecule has 0 atom stereocenters. The first-order chi connectivity index (χ1) is 7.20. The SMILES string of the molecule is CNc1ncc(C)c(-n2cc(I)cn2)n1. The first-order valence-corrected chi connectivity index (χ1v) is 5.50. The maximum absolute atomic E-state index is 4.35. The van der Waals surface area contributed by atoms with Gasteiger partial charge >= 0.3 is 0 Å². The van der Waals surface area contributed by atoms with Gasteiger partial charge in [0.2, 0.25) is 5.95 Å². The van der Waals surface area contributed by atoms with Crippen molar-refractivity contribution in [2.24, 2.45) is 0 Å². The summed E-state index contributed by atoms with van der Waals surface area (Å²) >= 11 is 2.21. The fourth-order valence-corrected chi connectivity index (χ4v) is 1.59. The van der Waals surface area contributed by atoms with Gasteiger partial charge in [0.05, 0.1) is 9.77 Å². The minimum atomic E-state index is 0.598. The van der Waals surface area contributed by atoms with E-state index in [4.69, 9.17) is 0 Å². The van der Waals surface area contributed by atoms with E-state index in [0.717, 1.165) is 15.0 Å². The average molecular weight is 315 g/mol. The highest BCUT2D eigenvalue weighted by molar-refractivity contribution is 14.1. The van der Waals surface area contributed by atoms with Crippen LogP contribution in [0.5, 0.6) is 0 Å². The molecule has 0 fully saturated rings. The third-order valence-electron chi connectivity index (χ3n) is 1.94. The molecule has 15 heavy (non-hydrogen) atoms.